The van der Waals surface area contributed by atoms with Gasteiger partial charge in [0.1, 0.15) is 5.75 Å². The minimum Gasteiger partial charge on any atom is -0.508 e. The lowest BCUT2D eigenvalue weighted by molar-refractivity contribution is 0.391. The van der Waals surface area contributed by atoms with E-state index < -0.39 is 0 Å². The zero-order valence-corrected chi connectivity index (χ0v) is 14.1. The molecule has 0 unspecified atom stereocenters. The Morgan fingerprint density at radius 2 is 1.74 bits per heavy atom. The number of benzene rings is 2. The van der Waals surface area contributed by atoms with Crippen molar-refractivity contribution in [3.8, 4) is 5.75 Å². The number of phenolic OH excluding ortho intramolecular Hbond substituents is 1. The largest absolute Gasteiger partial charge is 0.508 e. The van der Waals surface area contributed by atoms with Crippen LogP contribution in [0, 0.1) is 0 Å². The number of anilines is 2. The Morgan fingerprint density at radius 1 is 1.04 bits per heavy atom. The van der Waals surface area contributed by atoms with Gasteiger partial charge in [-0.05, 0) is 54.7 Å². The lowest BCUT2D eigenvalue weighted by Crippen LogP contribution is -2.50. The fourth-order valence-corrected chi connectivity index (χ4v) is 3.09. The zero-order valence-electron chi connectivity index (χ0n) is 12.6. The first kappa shape index (κ1) is 15.9. The van der Waals surface area contributed by atoms with Gasteiger partial charge >= 0.3 is 0 Å². The van der Waals surface area contributed by atoms with Crippen molar-refractivity contribution in [2.75, 3.05) is 36.4 Å². The van der Waals surface area contributed by atoms with Gasteiger partial charge in [0.25, 0.3) is 0 Å². The third-order valence-corrected chi connectivity index (χ3v) is 4.45. The van der Waals surface area contributed by atoms with E-state index >= 15 is 0 Å². The van der Waals surface area contributed by atoms with E-state index in [0.29, 0.717) is 10.8 Å². The summed E-state index contributed by atoms with van der Waals surface area (Å²) >= 11 is 11.5. The molecule has 0 saturated carbocycles. The fourth-order valence-electron chi connectivity index (χ4n) is 2.60. The summed E-state index contributed by atoms with van der Waals surface area (Å²) in [4.78, 5) is 4.45. The van der Waals surface area contributed by atoms with Crippen molar-refractivity contribution in [3.05, 3.63) is 53.6 Å². The molecule has 0 aliphatic carbocycles. The van der Waals surface area contributed by atoms with Gasteiger partial charge in [-0.25, -0.2) is 0 Å². The van der Waals surface area contributed by atoms with E-state index in [1.807, 2.05) is 36.4 Å². The van der Waals surface area contributed by atoms with Gasteiger partial charge in [-0.15, -0.1) is 0 Å². The van der Waals surface area contributed by atoms with Crippen molar-refractivity contribution in [1.29, 1.82) is 0 Å². The molecule has 0 radical (unpaired) electrons. The number of aromatic hydroxyl groups is 1. The molecule has 6 heteroatoms. The molecule has 2 aromatic carbocycles. The average molecular weight is 348 g/mol. The smallest absolute Gasteiger partial charge is 0.173 e. The summed E-state index contributed by atoms with van der Waals surface area (Å²) in [7, 11) is 0. The summed E-state index contributed by atoms with van der Waals surface area (Å²) in [6, 6.07) is 14.9. The zero-order chi connectivity index (χ0) is 16.2. The van der Waals surface area contributed by atoms with E-state index in [1.165, 1.54) is 0 Å². The molecule has 4 nitrogen and oxygen atoms in total. The van der Waals surface area contributed by atoms with E-state index in [9.17, 15) is 5.11 Å². The standard InChI is InChI=1S/C17H18ClN3OS/c18-13-2-1-3-14(12-13)19-17(23)21-10-8-20(9-11-21)15-4-6-16(22)7-5-15/h1-7,12,22H,8-11H2,(H,19,23). The maximum absolute atomic E-state index is 9.37. The second kappa shape index (κ2) is 7.06. The van der Waals surface area contributed by atoms with Crippen LogP contribution < -0.4 is 10.2 Å². The summed E-state index contributed by atoms with van der Waals surface area (Å²) < 4.78 is 0. The number of hydrogen-bond acceptors (Lipinski definition) is 3. The van der Waals surface area contributed by atoms with Crippen LogP contribution in [0.1, 0.15) is 0 Å². The van der Waals surface area contributed by atoms with Crippen LogP contribution in [0.2, 0.25) is 5.02 Å². The van der Waals surface area contributed by atoms with E-state index in [4.69, 9.17) is 23.8 Å². The van der Waals surface area contributed by atoms with Gasteiger partial charge in [-0.2, -0.15) is 0 Å². The summed E-state index contributed by atoms with van der Waals surface area (Å²) in [5.41, 5.74) is 2.03. The molecule has 1 heterocycles. The monoisotopic (exact) mass is 347 g/mol. The number of nitrogens with one attached hydrogen (secondary N) is 1. The van der Waals surface area contributed by atoms with E-state index in [2.05, 4.69) is 15.1 Å². The highest BCUT2D eigenvalue weighted by atomic mass is 35.5. The van der Waals surface area contributed by atoms with Gasteiger partial charge in [-0.3, -0.25) is 0 Å². The van der Waals surface area contributed by atoms with Gasteiger partial charge in [-0.1, -0.05) is 17.7 Å². The predicted molar refractivity (Wildman–Crippen MR) is 99.6 cm³/mol. The Kier molecular flexibility index (Phi) is 4.88. The molecule has 2 N–H and O–H groups in total. The number of phenols is 1. The van der Waals surface area contributed by atoms with Gasteiger partial charge in [0.15, 0.2) is 5.11 Å². The molecule has 0 amide bonds. The number of halogens is 1. The lowest BCUT2D eigenvalue weighted by Gasteiger charge is -2.37. The van der Waals surface area contributed by atoms with Crippen LogP contribution in [0.15, 0.2) is 48.5 Å². The molecule has 0 spiro atoms. The molecule has 1 aliphatic rings. The first-order chi connectivity index (χ1) is 11.1. The Hall–Kier alpha value is -1.98. The molecule has 0 bridgehead atoms. The number of rotatable bonds is 2. The number of piperazine rings is 1. The summed E-state index contributed by atoms with van der Waals surface area (Å²) in [5, 5.41) is 14.0. The molecule has 2 aromatic rings. The van der Waals surface area contributed by atoms with Gasteiger partial charge in [0, 0.05) is 42.6 Å². The minimum absolute atomic E-state index is 0.291. The van der Waals surface area contributed by atoms with E-state index in [0.717, 1.165) is 42.7 Å². The number of nitrogens with zero attached hydrogens (tertiary/aromatic N) is 2. The second-order valence-electron chi connectivity index (χ2n) is 5.43. The highest BCUT2D eigenvalue weighted by molar-refractivity contribution is 7.80. The summed E-state index contributed by atoms with van der Waals surface area (Å²) in [6.45, 7) is 3.49. The molecule has 1 fully saturated rings. The van der Waals surface area contributed by atoms with Crippen LogP contribution in [0.4, 0.5) is 11.4 Å². The quantitative estimate of drug-likeness (QED) is 0.813. The maximum Gasteiger partial charge on any atom is 0.173 e. The fraction of sp³-hybridized carbons (Fsp3) is 0.235. The van der Waals surface area contributed by atoms with Crippen LogP contribution in [-0.2, 0) is 0 Å². The van der Waals surface area contributed by atoms with Crippen molar-refractivity contribution in [2.24, 2.45) is 0 Å². The Morgan fingerprint density at radius 3 is 2.39 bits per heavy atom. The van der Waals surface area contributed by atoms with Crippen molar-refractivity contribution in [1.82, 2.24) is 4.90 Å². The molecule has 1 saturated heterocycles. The summed E-state index contributed by atoms with van der Waals surface area (Å²) in [6.07, 6.45) is 0. The third kappa shape index (κ3) is 4.06. The Balaban J connectivity index is 1.56. The highest BCUT2D eigenvalue weighted by Crippen LogP contribution is 2.20. The molecule has 120 valence electrons. The second-order valence-corrected chi connectivity index (χ2v) is 6.25. The first-order valence-corrected chi connectivity index (χ1v) is 8.26. The van der Waals surface area contributed by atoms with Crippen LogP contribution >= 0.6 is 23.8 Å². The SMILES string of the molecule is Oc1ccc(N2CCN(C(=S)Nc3cccc(Cl)c3)CC2)cc1. The van der Waals surface area contributed by atoms with Crippen molar-refractivity contribution in [2.45, 2.75) is 0 Å². The van der Waals surface area contributed by atoms with E-state index in [-0.39, 0.29) is 0 Å². The third-order valence-electron chi connectivity index (χ3n) is 3.86. The first-order valence-electron chi connectivity index (χ1n) is 7.47. The molecule has 0 aromatic heterocycles. The lowest BCUT2D eigenvalue weighted by atomic mass is 10.2. The van der Waals surface area contributed by atoms with E-state index in [1.54, 1.807) is 12.1 Å². The molecular weight excluding hydrogens is 330 g/mol. The van der Waals surface area contributed by atoms with Gasteiger partial charge in [0.05, 0.1) is 0 Å². The van der Waals surface area contributed by atoms with Crippen LogP contribution in [-0.4, -0.2) is 41.3 Å². The van der Waals surface area contributed by atoms with Crippen LogP contribution in [0.3, 0.4) is 0 Å². The molecule has 0 atom stereocenters. The summed E-state index contributed by atoms with van der Waals surface area (Å²) in [5.74, 6) is 0.291. The highest BCUT2D eigenvalue weighted by Gasteiger charge is 2.19. The molecule has 1 aliphatic heterocycles. The van der Waals surface area contributed by atoms with Crippen molar-refractivity contribution in [3.63, 3.8) is 0 Å². The Labute approximate surface area is 146 Å². The number of hydrogen-bond donors (Lipinski definition) is 2. The topological polar surface area (TPSA) is 38.7 Å². The average Bonchev–Trinajstić information content (AvgIpc) is 2.56. The van der Waals surface area contributed by atoms with Crippen LogP contribution in [0.5, 0.6) is 5.75 Å². The Bertz CT molecular complexity index is 684. The molecule has 3 rings (SSSR count). The van der Waals surface area contributed by atoms with Gasteiger partial charge < -0.3 is 20.2 Å². The maximum atomic E-state index is 9.37. The molecule has 23 heavy (non-hydrogen) atoms. The van der Waals surface area contributed by atoms with Crippen LogP contribution in [0.25, 0.3) is 0 Å². The van der Waals surface area contributed by atoms with Crippen molar-refractivity contribution < 1.29 is 5.11 Å². The normalized spacial score (nSPS) is 14.7. The molecular formula is C17H18ClN3OS. The van der Waals surface area contributed by atoms with Crippen molar-refractivity contribution >= 4 is 40.3 Å². The minimum atomic E-state index is 0.291. The predicted octanol–water partition coefficient (Wildman–Crippen LogP) is 3.56. The number of thiocarbonyl (C=S) groups is 1. The van der Waals surface area contributed by atoms with Gasteiger partial charge in [0.2, 0.25) is 0 Å².